The summed E-state index contributed by atoms with van der Waals surface area (Å²) in [5, 5.41) is 6.43. The molecule has 2 aliphatic carbocycles. The second kappa shape index (κ2) is 9.63. The first-order valence-corrected chi connectivity index (χ1v) is 11.4. The van der Waals surface area contributed by atoms with E-state index < -0.39 is 0 Å². The first-order chi connectivity index (χ1) is 15.5. The maximum absolute atomic E-state index is 12.8. The fourth-order valence-corrected chi connectivity index (χ4v) is 4.96. The van der Waals surface area contributed by atoms with Crippen LogP contribution in [-0.2, 0) is 9.59 Å². The van der Waals surface area contributed by atoms with Crippen molar-refractivity contribution in [2.45, 2.75) is 26.4 Å². The van der Waals surface area contributed by atoms with Crippen LogP contribution in [0.4, 0.5) is 0 Å². The second-order valence-corrected chi connectivity index (χ2v) is 8.58. The second-order valence-electron chi connectivity index (χ2n) is 8.58. The number of ether oxygens (including phenoxy) is 2. The minimum Gasteiger partial charge on any atom is -0.497 e. The maximum atomic E-state index is 12.8. The number of imide groups is 1. The predicted molar refractivity (Wildman–Crippen MR) is 122 cm³/mol. The predicted octanol–water partition coefficient (Wildman–Crippen LogP) is 1.82. The van der Waals surface area contributed by atoms with Crippen LogP contribution in [-0.4, -0.2) is 62.1 Å². The third kappa shape index (κ3) is 4.45. The highest BCUT2D eigenvalue weighted by molar-refractivity contribution is 6.06. The maximum Gasteiger partial charge on any atom is 0.233 e. The number of methoxy groups -OCH3 is 1. The summed E-state index contributed by atoms with van der Waals surface area (Å²) in [6, 6.07) is 7.44. The minimum absolute atomic E-state index is 0.0119. The van der Waals surface area contributed by atoms with Crippen molar-refractivity contribution >= 4 is 17.8 Å². The average Bonchev–Trinajstić information content (AvgIpc) is 3.47. The molecule has 4 rings (SSSR count). The molecule has 5 atom stereocenters. The van der Waals surface area contributed by atoms with Crippen molar-refractivity contribution in [3.63, 3.8) is 0 Å². The van der Waals surface area contributed by atoms with Gasteiger partial charge in [-0.1, -0.05) is 12.2 Å². The largest absolute Gasteiger partial charge is 0.497 e. The highest BCUT2D eigenvalue weighted by Crippen LogP contribution is 2.52. The monoisotopic (exact) mass is 440 g/mol. The molecule has 0 radical (unpaired) electrons. The van der Waals surface area contributed by atoms with Crippen molar-refractivity contribution in [2.75, 3.05) is 33.3 Å². The third-order valence-corrected chi connectivity index (χ3v) is 6.44. The summed E-state index contributed by atoms with van der Waals surface area (Å²) >= 11 is 0. The van der Waals surface area contributed by atoms with Crippen LogP contribution in [0.5, 0.6) is 11.5 Å². The normalized spacial score (nSPS) is 27.0. The van der Waals surface area contributed by atoms with E-state index in [-0.39, 0.29) is 41.6 Å². The van der Waals surface area contributed by atoms with Crippen LogP contribution in [0.25, 0.3) is 0 Å². The van der Waals surface area contributed by atoms with Crippen LogP contribution in [0, 0.1) is 23.7 Å². The molecule has 5 unspecified atom stereocenters. The number of nitrogens with zero attached hydrogens (tertiary/aromatic N) is 2. The number of guanidine groups is 1. The van der Waals surface area contributed by atoms with E-state index in [0.717, 1.165) is 17.9 Å². The zero-order valence-electron chi connectivity index (χ0n) is 18.9. The van der Waals surface area contributed by atoms with E-state index in [9.17, 15) is 9.59 Å². The number of hydrogen-bond acceptors (Lipinski definition) is 5. The Balaban J connectivity index is 1.26. The number of carbonyl (C=O) groups is 2. The Morgan fingerprint density at radius 3 is 2.31 bits per heavy atom. The molecule has 8 nitrogen and oxygen atoms in total. The first kappa shape index (κ1) is 22.2. The quantitative estimate of drug-likeness (QED) is 0.263. The number of nitrogens with one attached hydrogen (secondary N) is 2. The summed E-state index contributed by atoms with van der Waals surface area (Å²) in [5.74, 6) is 2.35. The van der Waals surface area contributed by atoms with Crippen molar-refractivity contribution in [3.8, 4) is 11.5 Å². The fourth-order valence-electron chi connectivity index (χ4n) is 4.96. The molecule has 1 aromatic carbocycles. The van der Waals surface area contributed by atoms with Gasteiger partial charge in [0.25, 0.3) is 0 Å². The van der Waals surface area contributed by atoms with Gasteiger partial charge in [0.05, 0.1) is 25.5 Å². The summed E-state index contributed by atoms with van der Waals surface area (Å²) in [6.07, 6.45) is 5.06. The van der Waals surface area contributed by atoms with Gasteiger partial charge in [-0.3, -0.25) is 14.5 Å². The van der Waals surface area contributed by atoms with Crippen LogP contribution in [0.15, 0.2) is 41.4 Å². The molecule has 1 aliphatic heterocycles. The molecule has 172 valence electrons. The molecule has 32 heavy (non-hydrogen) atoms. The molecule has 2 N–H and O–H groups in total. The van der Waals surface area contributed by atoms with E-state index in [0.29, 0.717) is 32.1 Å². The van der Waals surface area contributed by atoms with Gasteiger partial charge in [-0.2, -0.15) is 0 Å². The topological polar surface area (TPSA) is 92.3 Å². The Bertz CT molecular complexity index is 868. The Hall–Kier alpha value is -3.03. The highest BCUT2D eigenvalue weighted by Gasteiger charge is 2.58. The summed E-state index contributed by atoms with van der Waals surface area (Å²) in [4.78, 5) is 31.6. The third-order valence-electron chi connectivity index (χ3n) is 6.44. The number of benzene rings is 1. The van der Waals surface area contributed by atoms with Crippen LogP contribution in [0.2, 0.25) is 0 Å². The number of likely N-dealkylation sites (tertiary alicyclic amines) is 1. The van der Waals surface area contributed by atoms with E-state index in [2.05, 4.69) is 27.8 Å². The summed E-state index contributed by atoms with van der Waals surface area (Å²) in [7, 11) is 1.63. The molecule has 2 amide bonds. The summed E-state index contributed by atoms with van der Waals surface area (Å²) < 4.78 is 11.1. The number of allylic oxidation sites excluding steroid dienone is 2. The molecule has 8 heteroatoms. The molecule has 3 aliphatic rings. The minimum atomic E-state index is -0.143. The van der Waals surface area contributed by atoms with Crippen LogP contribution in [0.3, 0.4) is 0 Å². The molecule has 2 bridgehead atoms. The van der Waals surface area contributed by atoms with E-state index in [1.165, 1.54) is 4.90 Å². The molecule has 0 aromatic heterocycles. The zero-order chi connectivity index (χ0) is 22.7. The van der Waals surface area contributed by atoms with Crippen LogP contribution >= 0.6 is 0 Å². The standard InChI is InChI=1S/C24H32N4O4/c1-4-25-24(27-14-15(2)32-19-9-7-18(31-3)8-10-19)26-11-12-28-22(29)20-16-5-6-17(13-16)21(20)23(28)30/h5-10,15-17,20-21H,4,11-14H2,1-3H3,(H2,25,26,27). The van der Waals surface area contributed by atoms with Gasteiger partial charge in [0, 0.05) is 19.6 Å². The van der Waals surface area contributed by atoms with Crippen molar-refractivity contribution in [2.24, 2.45) is 28.7 Å². The van der Waals surface area contributed by atoms with Crippen LogP contribution in [0.1, 0.15) is 20.3 Å². The SMILES string of the molecule is CCNC(=NCC(C)Oc1ccc(OC)cc1)NCCN1C(=O)C2C3C=CC(C3)C2C1=O. The first-order valence-electron chi connectivity index (χ1n) is 11.4. The van der Waals surface area contributed by atoms with Gasteiger partial charge in [0.15, 0.2) is 5.96 Å². The van der Waals surface area contributed by atoms with Gasteiger partial charge < -0.3 is 20.1 Å². The van der Waals surface area contributed by atoms with Gasteiger partial charge in [-0.15, -0.1) is 0 Å². The molecule has 2 fully saturated rings. The number of aliphatic imine (C=N–C) groups is 1. The number of hydrogen-bond donors (Lipinski definition) is 2. The lowest BCUT2D eigenvalue weighted by Crippen LogP contribution is -2.44. The number of amides is 2. The Morgan fingerprint density at radius 2 is 1.72 bits per heavy atom. The fraction of sp³-hybridized carbons (Fsp3) is 0.542. The van der Waals surface area contributed by atoms with Gasteiger partial charge in [0.1, 0.15) is 17.6 Å². The smallest absolute Gasteiger partial charge is 0.233 e. The number of fused-ring (bicyclic) bond motifs is 5. The summed E-state index contributed by atoms with van der Waals surface area (Å²) in [5.41, 5.74) is 0. The van der Waals surface area contributed by atoms with Gasteiger partial charge in [-0.25, -0.2) is 4.99 Å². The molecular weight excluding hydrogens is 408 g/mol. The van der Waals surface area contributed by atoms with Gasteiger partial charge >= 0.3 is 0 Å². The van der Waals surface area contributed by atoms with Crippen molar-refractivity contribution in [1.29, 1.82) is 0 Å². The lowest BCUT2D eigenvalue weighted by molar-refractivity contribution is -0.140. The highest BCUT2D eigenvalue weighted by atomic mass is 16.5. The van der Waals surface area contributed by atoms with Crippen molar-refractivity contribution in [3.05, 3.63) is 36.4 Å². The molecule has 0 spiro atoms. The Labute approximate surface area is 189 Å². The lowest BCUT2D eigenvalue weighted by Gasteiger charge is -2.19. The van der Waals surface area contributed by atoms with Gasteiger partial charge in [0.2, 0.25) is 11.8 Å². The molecular formula is C24H32N4O4. The Morgan fingerprint density at radius 1 is 1.09 bits per heavy atom. The zero-order valence-corrected chi connectivity index (χ0v) is 18.9. The van der Waals surface area contributed by atoms with Crippen molar-refractivity contribution < 1.29 is 19.1 Å². The van der Waals surface area contributed by atoms with E-state index in [1.807, 2.05) is 38.1 Å². The Kier molecular flexibility index (Phi) is 6.67. The molecule has 1 saturated heterocycles. The summed E-state index contributed by atoms with van der Waals surface area (Å²) in [6.45, 7) is 5.93. The molecule has 1 saturated carbocycles. The number of carbonyl (C=O) groups excluding carboxylic acids is 2. The van der Waals surface area contributed by atoms with E-state index >= 15 is 0 Å². The van der Waals surface area contributed by atoms with E-state index in [4.69, 9.17) is 9.47 Å². The van der Waals surface area contributed by atoms with Crippen LogP contribution < -0.4 is 20.1 Å². The average molecular weight is 441 g/mol. The molecule has 1 aromatic rings. The number of rotatable bonds is 9. The van der Waals surface area contributed by atoms with Crippen molar-refractivity contribution in [1.82, 2.24) is 15.5 Å². The lowest BCUT2D eigenvalue weighted by atomic mass is 9.85. The van der Waals surface area contributed by atoms with Gasteiger partial charge in [-0.05, 0) is 56.4 Å². The van der Waals surface area contributed by atoms with E-state index in [1.54, 1.807) is 7.11 Å². The molecule has 1 heterocycles.